The molecule has 1 amide bonds. The van der Waals surface area contributed by atoms with Crippen LogP contribution >= 0.6 is 11.6 Å². The Morgan fingerprint density at radius 2 is 2.00 bits per heavy atom. The zero-order valence-corrected chi connectivity index (χ0v) is 19.5. The molecule has 1 aromatic heterocycles. The SMILES string of the molecule is C[C@H](CCc1ccc2c(n1)CCCC2)COCC[C@H](NC(=O)c1c(F)cccc1Cl)C(=O)O. The van der Waals surface area contributed by atoms with Crippen LogP contribution in [-0.2, 0) is 28.8 Å². The molecule has 1 aliphatic carbocycles. The van der Waals surface area contributed by atoms with E-state index in [9.17, 15) is 19.1 Å². The summed E-state index contributed by atoms with van der Waals surface area (Å²) in [5.41, 5.74) is 3.35. The van der Waals surface area contributed by atoms with Gasteiger partial charge in [-0.25, -0.2) is 9.18 Å². The van der Waals surface area contributed by atoms with Crippen LogP contribution < -0.4 is 5.32 Å². The van der Waals surface area contributed by atoms with Crippen molar-refractivity contribution >= 4 is 23.5 Å². The van der Waals surface area contributed by atoms with Gasteiger partial charge in [0.2, 0.25) is 0 Å². The molecule has 0 aliphatic heterocycles. The number of hydrogen-bond donors (Lipinski definition) is 2. The van der Waals surface area contributed by atoms with Gasteiger partial charge in [-0.1, -0.05) is 30.7 Å². The number of amides is 1. The van der Waals surface area contributed by atoms with Crippen molar-refractivity contribution in [2.24, 2.45) is 5.92 Å². The zero-order valence-electron chi connectivity index (χ0n) is 18.8. The maximum atomic E-state index is 13.9. The van der Waals surface area contributed by atoms with Gasteiger partial charge in [-0.2, -0.15) is 0 Å². The van der Waals surface area contributed by atoms with Crippen molar-refractivity contribution in [1.82, 2.24) is 10.3 Å². The van der Waals surface area contributed by atoms with Crippen LogP contribution in [0.1, 0.15) is 59.9 Å². The van der Waals surface area contributed by atoms with Crippen LogP contribution in [-0.4, -0.2) is 41.2 Å². The molecule has 0 spiro atoms. The summed E-state index contributed by atoms with van der Waals surface area (Å²) >= 11 is 5.88. The van der Waals surface area contributed by atoms with Crippen LogP contribution in [0, 0.1) is 11.7 Å². The van der Waals surface area contributed by atoms with Crippen molar-refractivity contribution < 1.29 is 23.8 Å². The third-order valence-corrected chi connectivity index (χ3v) is 6.19. The lowest BCUT2D eigenvalue weighted by Gasteiger charge is -2.17. The van der Waals surface area contributed by atoms with E-state index in [1.807, 2.05) is 0 Å². The van der Waals surface area contributed by atoms with Gasteiger partial charge in [0, 0.05) is 31.0 Å². The molecule has 6 nitrogen and oxygen atoms in total. The molecule has 1 heterocycles. The Morgan fingerprint density at radius 1 is 1.21 bits per heavy atom. The third-order valence-electron chi connectivity index (χ3n) is 5.88. The van der Waals surface area contributed by atoms with E-state index in [1.54, 1.807) is 0 Å². The normalized spacial score (nSPS) is 14.9. The molecule has 2 N–H and O–H groups in total. The Kier molecular flexibility index (Phi) is 9.21. The quantitative estimate of drug-likeness (QED) is 0.462. The van der Waals surface area contributed by atoms with Crippen molar-refractivity contribution in [1.29, 1.82) is 0 Å². The molecule has 0 fully saturated rings. The number of ether oxygens (including phenoxy) is 1. The number of benzene rings is 1. The fourth-order valence-corrected chi connectivity index (χ4v) is 4.18. The lowest BCUT2D eigenvalue weighted by atomic mass is 9.95. The highest BCUT2D eigenvalue weighted by atomic mass is 35.5. The molecule has 0 saturated heterocycles. The summed E-state index contributed by atoms with van der Waals surface area (Å²) in [7, 11) is 0. The maximum absolute atomic E-state index is 13.9. The summed E-state index contributed by atoms with van der Waals surface area (Å²) in [4.78, 5) is 28.6. The van der Waals surface area contributed by atoms with Gasteiger partial charge < -0.3 is 15.2 Å². The summed E-state index contributed by atoms with van der Waals surface area (Å²) in [6, 6.07) is 6.95. The number of aryl methyl sites for hydroxylation is 3. The van der Waals surface area contributed by atoms with Gasteiger partial charge in [-0.15, -0.1) is 0 Å². The van der Waals surface area contributed by atoms with E-state index in [-0.39, 0.29) is 29.5 Å². The van der Waals surface area contributed by atoms with Crippen molar-refractivity contribution in [2.45, 2.75) is 57.9 Å². The van der Waals surface area contributed by atoms with Crippen molar-refractivity contribution in [3.8, 4) is 0 Å². The highest BCUT2D eigenvalue weighted by Gasteiger charge is 2.24. The topological polar surface area (TPSA) is 88.5 Å². The number of carboxylic acid groups (broad SMARTS) is 1. The van der Waals surface area contributed by atoms with Gasteiger partial charge in [0.15, 0.2) is 0 Å². The lowest BCUT2D eigenvalue weighted by Crippen LogP contribution is -2.42. The average Bonchev–Trinajstić information content (AvgIpc) is 2.79. The highest BCUT2D eigenvalue weighted by Crippen LogP contribution is 2.21. The molecule has 178 valence electrons. The number of nitrogens with zero attached hydrogens (tertiary/aromatic N) is 1. The van der Waals surface area contributed by atoms with E-state index in [0.717, 1.165) is 37.4 Å². The van der Waals surface area contributed by atoms with Gasteiger partial charge in [0.25, 0.3) is 5.91 Å². The predicted molar refractivity (Wildman–Crippen MR) is 124 cm³/mol. The first kappa shape index (κ1) is 25.1. The molecule has 2 aromatic rings. The Balaban J connectivity index is 1.40. The smallest absolute Gasteiger partial charge is 0.326 e. The number of rotatable bonds is 11. The molecule has 0 bridgehead atoms. The molecule has 0 unspecified atom stereocenters. The van der Waals surface area contributed by atoms with Crippen LogP contribution in [0.3, 0.4) is 0 Å². The van der Waals surface area contributed by atoms with Crippen LogP contribution in [0.4, 0.5) is 4.39 Å². The van der Waals surface area contributed by atoms with Crippen molar-refractivity contribution in [3.63, 3.8) is 0 Å². The number of aliphatic carboxylic acids is 1. The predicted octanol–water partition coefficient (Wildman–Crippen LogP) is 4.61. The van der Waals surface area contributed by atoms with E-state index in [1.165, 1.54) is 36.2 Å². The standard InChI is InChI=1S/C25H30ClFN2O4/c1-16(9-11-18-12-10-17-5-2-3-8-21(17)28-18)15-33-14-13-22(25(31)32)29-24(30)23-19(26)6-4-7-20(23)27/h4,6-7,10,12,16,22H,2-3,5,8-9,11,13-15H2,1H3,(H,29,30)(H,31,32)/t16-,22+/m1/s1. The number of carbonyl (C=O) groups excluding carboxylic acids is 1. The van der Waals surface area contributed by atoms with Crippen molar-refractivity contribution in [2.75, 3.05) is 13.2 Å². The molecular formula is C25H30ClFN2O4. The molecule has 2 atom stereocenters. The second-order valence-electron chi connectivity index (χ2n) is 8.58. The first-order chi connectivity index (χ1) is 15.8. The second-order valence-corrected chi connectivity index (χ2v) is 8.99. The summed E-state index contributed by atoms with van der Waals surface area (Å²) in [6.07, 6.45) is 6.48. The first-order valence-corrected chi connectivity index (χ1v) is 11.8. The molecule has 1 aromatic carbocycles. The van der Waals surface area contributed by atoms with Crippen molar-refractivity contribution in [3.05, 3.63) is 63.7 Å². The van der Waals surface area contributed by atoms with E-state index < -0.39 is 23.7 Å². The Hall–Kier alpha value is -2.51. The molecule has 1 aliphatic rings. The minimum Gasteiger partial charge on any atom is -0.480 e. The number of aromatic nitrogens is 1. The van der Waals surface area contributed by atoms with Gasteiger partial charge in [-0.3, -0.25) is 9.78 Å². The third kappa shape index (κ3) is 7.24. The van der Waals surface area contributed by atoms with E-state index in [4.69, 9.17) is 21.3 Å². The molecule has 33 heavy (non-hydrogen) atoms. The fourth-order valence-electron chi connectivity index (χ4n) is 3.93. The Labute approximate surface area is 198 Å². The molecule has 3 rings (SSSR count). The van der Waals surface area contributed by atoms with E-state index >= 15 is 0 Å². The summed E-state index contributed by atoms with van der Waals surface area (Å²) in [5.74, 6) is -2.61. The Morgan fingerprint density at radius 3 is 2.76 bits per heavy atom. The zero-order chi connectivity index (χ0) is 23.8. The summed E-state index contributed by atoms with van der Waals surface area (Å²) in [6.45, 7) is 2.71. The van der Waals surface area contributed by atoms with Crippen LogP contribution in [0.5, 0.6) is 0 Å². The minimum atomic E-state index is -1.22. The van der Waals surface area contributed by atoms with Gasteiger partial charge in [0.1, 0.15) is 11.9 Å². The van der Waals surface area contributed by atoms with Gasteiger partial charge >= 0.3 is 5.97 Å². The number of nitrogens with one attached hydrogen (secondary N) is 1. The van der Waals surface area contributed by atoms with Crippen LogP contribution in [0.25, 0.3) is 0 Å². The summed E-state index contributed by atoms with van der Waals surface area (Å²) in [5, 5.41) is 11.7. The first-order valence-electron chi connectivity index (χ1n) is 11.4. The van der Waals surface area contributed by atoms with E-state index in [2.05, 4.69) is 24.4 Å². The largest absolute Gasteiger partial charge is 0.480 e. The Bertz CT molecular complexity index is 965. The highest BCUT2D eigenvalue weighted by molar-refractivity contribution is 6.33. The fraction of sp³-hybridized carbons (Fsp3) is 0.480. The number of hydrogen-bond acceptors (Lipinski definition) is 4. The van der Waals surface area contributed by atoms with E-state index in [0.29, 0.717) is 6.61 Å². The number of carbonyl (C=O) groups is 2. The maximum Gasteiger partial charge on any atom is 0.326 e. The number of carboxylic acids is 1. The monoisotopic (exact) mass is 476 g/mol. The lowest BCUT2D eigenvalue weighted by molar-refractivity contribution is -0.139. The molecule has 0 radical (unpaired) electrons. The number of halogens is 2. The number of pyridine rings is 1. The minimum absolute atomic E-state index is 0.0617. The molecule has 0 saturated carbocycles. The summed E-state index contributed by atoms with van der Waals surface area (Å²) < 4.78 is 19.6. The van der Waals surface area contributed by atoms with Crippen LogP contribution in [0.2, 0.25) is 5.02 Å². The van der Waals surface area contributed by atoms with Crippen LogP contribution in [0.15, 0.2) is 30.3 Å². The molecular weight excluding hydrogens is 447 g/mol. The number of fused-ring (bicyclic) bond motifs is 1. The second kappa shape index (κ2) is 12.1. The van der Waals surface area contributed by atoms with Gasteiger partial charge in [-0.05, 0) is 68.2 Å². The van der Waals surface area contributed by atoms with Gasteiger partial charge in [0.05, 0.1) is 10.6 Å². The molecule has 8 heteroatoms. The average molecular weight is 477 g/mol.